The number of nitrogens with zero attached hydrogens (tertiary/aromatic N) is 1. The molecule has 1 saturated carbocycles. The highest BCUT2D eigenvalue weighted by Crippen LogP contribution is 2.39. The molecule has 130 valence electrons. The van der Waals surface area contributed by atoms with Crippen LogP contribution in [-0.4, -0.2) is 42.9 Å². The van der Waals surface area contributed by atoms with Gasteiger partial charge in [0.05, 0.1) is 6.10 Å². The summed E-state index contributed by atoms with van der Waals surface area (Å²) in [6.07, 6.45) is 8.31. The van der Waals surface area contributed by atoms with Gasteiger partial charge in [0.1, 0.15) is 5.60 Å². The summed E-state index contributed by atoms with van der Waals surface area (Å²) >= 11 is 0. The molecule has 0 spiro atoms. The van der Waals surface area contributed by atoms with E-state index in [2.05, 4.69) is 12.7 Å². The molecule has 1 heterocycles. The van der Waals surface area contributed by atoms with Crippen molar-refractivity contribution in [1.29, 1.82) is 0 Å². The maximum Gasteiger partial charge on any atom is 0.410 e. The van der Waals surface area contributed by atoms with Crippen LogP contribution in [0.5, 0.6) is 0 Å². The largest absolute Gasteiger partial charge is 0.444 e. The van der Waals surface area contributed by atoms with Crippen LogP contribution < -0.4 is 0 Å². The van der Waals surface area contributed by atoms with Crippen LogP contribution in [-0.2, 0) is 9.47 Å². The molecule has 3 unspecified atom stereocenters. The summed E-state index contributed by atoms with van der Waals surface area (Å²) < 4.78 is 11.3. The Balaban J connectivity index is 1.94. The molecule has 4 heteroatoms. The number of rotatable bonds is 3. The minimum Gasteiger partial charge on any atom is -0.444 e. The molecule has 0 aromatic carbocycles. The van der Waals surface area contributed by atoms with Crippen LogP contribution in [0.2, 0.25) is 0 Å². The van der Waals surface area contributed by atoms with Crippen molar-refractivity contribution in [2.24, 2.45) is 11.8 Å². The fraction of sp³-hybridized carbons (Fsp3) is 0.737. The summed E-state index contributed by atoms with van der Waals surface area (Å²) in [5, 5.41) is 0. The molecule has 0 aromatic rings. The zero-order chi connectivity index (χ0) is 17.0. The molecule has 1 aliphatic carbocycles. The van der Waals surface area contributed by atoms with Gasteiger partial charge in [0, 0.05) is 20.2 Å². The van der Waals surface area contributed by atoms with Crippen LogP contribution in [0.15, 0.2) is 24.3 Å². The highest BCUT2D eigenvalue weighted by molar-refractivity contribution is 5.68. The molecular weight excluding hydrogens is 290 g/mol. The molecular formula is C19H31NO3. The van der Waals surface area contributed by atoms with Crippen LogP contribution in [0.1, 0.15) is 46.5 Å². The average molecular weight is 321 g/mol. The van der Waals surface area contributed by atoms with E-state index in [9.17, 15) is 4.79 Å². The first-order valence-corrected chi connectivity index (χ1v) is 8.65. The van der Waals surface area contributed by atoms with Crippen molar-refractivity contribution < 1.29 is 14.3 Å². The van der Waals surface area contributed by atoms with Gasteiger partial charge in [0.25, 0.3) is 0 Å². The molecule has 1 amide bonds. The van der Waals surface area contributed by atoms with Crippen molar-refractivity contribution in [3.8, 4) is 0 Å². The van der Waals surface area contributed by atoms with E-state index in [-0.39, 0.29) is 12.2 Å². The third kappa shape index (κ3) is 4.84. The molecule has 2 fully saturated rings. The Hall–Kier alpha value is -1.29. The smallest absolute Gasteiger partial charge is 0.410 e. The fourth-order valence-electron chi connectivity index (χ4n) is 3.79. The zero-order valence-electron chi connectivity index (χ0n) is 15.0. The van der Waals surface area contributed by atoms with Gasteiger partial charge in [-0.1, -0.05) is 24.3 Å². The lowest BCUT2D eigenvalue weighted by atomic mass is 9.75. The lowest BCUT2D eigenvalue weighted by Crippen LogP contribution is -2.38. The molecule has 0 bridgehead atoms. The lowest BCUT2D eigenvalue weighted by Gasteiger charge is -2.36. The second-order valence-corrected chi connectivity index (χ2v) is 7.72. The normalized spacial score (nSPS) is 30.5. The third-order valence-corrected chi connectivity index (χ3v) is 4.88. The third-order valence-electron chi connectivity index (χ3n) is 4.88. The summed E-state index contributed by atoms with van der Waals surface area (Å²) in [4.78, 5) is 14.1. The highest BCUT2D eigenvalue weighted by Gasteiger charge is 2.39. The van der Waals surface area contributed by atoms with Crippen molar-refractivity contribution in [3.63, 3.8) is 0 Å². The van der Waals surface area contributed by atoms with E-state index in [4.69, 9.17) is 9.47 Å². The maximum absolute atomic E-state index is 12.2. The standard InChI is InChI=1S/C19H31NO3/c1-6-7-14-8-9-16(17(12-14)22-5)15-10-11-20(13-15)18(21)23-19(2,3)4/h6-7,15-17H,1,8-13H2,2-5H3/b14-7-. The SMILES string of the molecule is C=C/C=C1/CCC(C2CCN(C(=O)OC(C)(C)C)C2)C(OC)C1. The van der Waals surface area contributed by atoms with Crippen LogP contribution in [0.3, 0.4) is 0 Å². The molecule has 0 radical (unpaired) electrons. The predicted molar refractivity (Wildman–Crippen MR) is 92.3 cm³/mol. The molecule has 23 heavy (non-hydrogen) atoms. The number of carbonyl (C=O) groups excluding carboxylic acids is 1. The first-order chi connectivity index (χ1) is 10.8. The fourth-order valence-corrected chi connectivity index (χ4v) is 3.79. The molecule has 1 saturated heterocycles. The Labute approximate surface area is 140 Å². The van der Waals surface area contributed by atoms with Gasteiger partial charge in [0.2, 0.25) is 0 Å². The Morgan fingerprint density at radius 2 is 2.09 bits per heavy atom. The molecule has 0 N–H and O–H groups in total. The van der Waals surface area contributed by atoms with Crippen molar-refractivity contribution in [1.82, 2.24) is 4.90 Å². The Morgan fingerprint density at radius 3 is 2.70 bits per heavy atom. The van der Waals surface area contributed by atoms with Gasteiger partial charge in [-0.25, -0.2) is 4.79 Å². The van der Waals surface area contributed by atoms with E-state index >= 15 is 0 Å². The number of carbonyl (C=O) groups is 1. The van der Waals surface area contributed by atoms with Gasteiger partial charge in [0.15, 0.2) is 0 Å². The number of allylic oxidation sites excluding steroid dienone is 2. The Kier molecular flexibility index (Phi) is 5.90. The summed E-state index contributed by atoms with van der Waals surface area (Å²) in [6.45, 7) is 11.1. The molecule has 0 aromatic heterocycles. The van der Waals surface area contributed by atoms with Gasteiger partial charge in [-0.05, 0) is 58.3 Å². The quantitative estimate of drug-likeness (QED) is 0.783. The van der Waals surface area contributed by atoms with E-state index in [1.165, 1.54) is 5.57 Å². The second-order valence-electron chi connectivity index (χ2n) is 7.72. The summed E-state index contributed by atoms with van der Waals surface area (Å²) in [7, 11) is 1.80. The van der Waals surface area contributed by atoms with Gasteiger partial charge in [-0.15, -0.1) is 0 Å². The average Bonchev–Trinajstić information content (AvgIpc) is 2.95. The van der Waals surface area contributed by atoms with Gasteiger partial charge in [-0.3, -0.25) is 0 Å². The van der Waals surface area contributed by atoms with Crippen molar-refractivity contribution in [2.75, 3.05) is 20.2 Å². The highest BCUT2D eigenvalue weighted by atomic mass is 16.6. The summed E-state index contributed by atoms with van der Waals surface area (Å²) in [5.74, 6) is 1.03. The molecule has 2 rings (SSSR count). The van der Waals surface area contributed by atoms with E-state index in [0.717, 1.165) is 38.8 Å². The Bertz CT molecular complexity index is 464. The first kappa shape index (κ1) is 18.1. The number of hydrogen-bond acceptors (Lipinski definition) is 3. The van der Waals surface area contributed by atoms with Gasteiger partial charge >= 0.3 is 6.09 Å². The van der Waals surface area contributed by atoms with Crippen LogP contribution in [0.4, 0.5) is 4.79 Å². The van der Waals surface area contributed by atoms with E-state index in [1.54, 1.807) is 7.11 Å². The molecule has 2 aliphatic rings. The number of hydrogen-bond donors (Lipinski definition) is 0. The Morgan fingerprint density at radius 1 is 1.35 bits per heavy atom. The minimum atomic E-state index is -0.431. The molecule has 4 nitrogen and oxygen atoms in total. The van der Waals surface area contributed by atoms with Crippen molar-refractivity contribution in [3.05, 3.63) is 24.3 Å². The molecule has 1 aliphatic heterocycles. The van der Waals surface area contributed by atoms with Crippen LogP contribution in [0.25, 0.3) is 0 Å². The van der Waals surface area contributed by atoms with Gasteiger partial charge < -0.3 is 14.4 Å². The number of likely N-dealkylation sites (tertiary alicyclic amines) is 1. The number of methoxy groups -OCH3 is 1. The van der Waals surface area contributed by atoms with E-state index in [0.29, 0.717) is 11.8 Å². The lowest BCUT2D eigenvalue weighted by molar-refractivity contribution is 0.00901. The summed E-state index contributed by atoms with van der Waals surface area (Å²) in [6, 6.07) is 0. The maximum atomic E-state index is 12.2. The molecule has 3 atom stereocenters. The van der Waals surface area contributed by atoms with Crippen LogP contribution in [0, 0.1) is 11.8 Å². The number of amides is 1. The predicted octanol–water partition coefficient (Wildman–Crippen LogP) is 4.17. The topological polar surface area (TPSA) is 38.8 Å². The second kappa shape index (κ2) is 7.52. The first-order valence-electron chi connectivity index (χ1n) is 8.65. The van der Waals surface area contributed by atoms with E-state index in [1.807, 2.05) is 31.7 Å². The monoisotopic (exact) mass is 321 g/mol. The van der Waals surface area contributed by atoms with Crippen LogP contribution >= 0.6 is 0 Å². The van der Waals surface area contributed by atoms with Crippen molar-refractivity contribution in [2.45, 2.75) is 58.2 Å². The summed E-state index contributed by atoms with van der Waals surface area (Å²) in [5.41, 5.74) is 0.990. The number of ether oxygens (including phenoxy) is 2. The zero-order valence-corrected chi connectivity index (χ0v) is 15.0. The van der Waals surface area contributed by atoms with Crippen molar-refractivity contribution >= 4 is 6.09 Å². The minimum absolute atomic E-state index is 0.183. The van der Waals surface area contributed by atoms with E-state index < -0.39 is 5.60 Å². The van der Waals surface area contributed by atoms with Gasteiger partial charge in [-0.2, -0.15) is 0 Å².